The van der Waals surface area contributed by atoms with E-state index >= 15 is 0 Å². The van der Waals surface area contributed by atoms with Crippen molar-refractivity contribution in [1.82, 2.24) is 0 Å². The van der Waals surface area contributed by atoms with E-state index in [0.29, 0.717) is 13.1 Å². The van der Waals surface area contributed by atoms with E-state index in [2.05, 4.69) is 11.3 Å². The zero-order chi connectivity index (χ0) is 13.5. The number of ether oxygens (including phenoxy) is 2. The van der Waals surface area contributed by atoms with Crippen LogP contribution in [0.2, 0.25) is 0 Å². The molecule has 0 aliphatic heterocycles. The molecule has 0 fully saturated rings. The van der Waals surface area contributed by atoms with Crippen molar-refractivity contribution in [3.63, 3.8) is 0 Å². The molecule has 0 aliphatic rings. The van der Waals surface area contributed by atoms with Gasteiger partial charge in [0.05, 0.1) is 13.7 Å². The van der Waals surface area contributed by atoms with Crippen molar-refractivity contribution in [3.8, 4) is 0 Å². The van der Waals surface area contributed by atoms with Gasteiger partial charge in [-0.15, -0.1) is 6.58 Å². The maximum Gasteiger partial charge on any atom is 0.292 e. The number of carbonyl (C=O) groups excluding carboxylic acids is 1. The Kier molecular flexibility index (Phi) is 14.7. The Morgan fingerprint density at radius 3 is 2.00 bits per heavy atom. The van der Waals surface area contributed by atoms with Crippen LogP contribution < -0.4 is 5.73 Å². The average Bonchev–Trinajstić information content (AvgIpc) is 2.34. The molecule has 1 aromatic rings. The number of rotatable bonds is 3. The molecule has 0 saturated carbocycles. The lowest BCUT2D eigenvalue weighted by atomic mass is 10.2. The summed E-state index contributed by atoms with van der Waals surface area (Å²) in [5.74, 6) is 0. The van der Waals surface area contributed by atoms with Gasteiger partial charge in [-0.05, 0) is 24.6 Å². The summed E-state index contributed by atoms with van der Waals surface area (Å²) in [6, 6.07) is 7.65. The number of hydrogen-bond acceptors (Lipinski definition) is 4. The van der Waals surface area contributed by atoms with Crippen molar-refractivity contribution in [2.45, 2.75) is 13.5 Å². The van der Waals surface area contributed by atoms with Crippen molar-refractivity contribution in [2.75, 3.05) is 20.0 Å². The fraction of sp³-hybridized carbons (Fsp3) is 0.308. The molecule has 0 spiro atoms. The van der Waals surface area contributed by atoms with Crippen LogP contribution >= 0.6 is 0 Å². The molecule has 0 radical (unpaired) electrons. The minimum absolute atomic E-state index is 0.375. The molecule has 96 valence electrons. The first-order valence-corrected chi connectivity index (χ1v) is 5.03. The SMILES string of the molecule is C=CC.COC=O.COCc1ccc(N)cc1. The van der Waals surface area contributed by atoms with Crippen LogP contribution in [-0.2, 0) is 20.9 Å². The second-order valence-electron chi connectivity index (χ2n) is 2.91. The van der Waals surface area contributed by atoms with Crippen LogP contribution in [0.3, 0.4) is 0 Å². The van der Waals surface area contributed by atoms with Crippen LogP contribution in [0.25, 0.3) is 0 Å². The lowest BCUT2D eigenvalue weighted by molar-refractivity contribution is -0.126. The quantitative estimate of drug-likeness (QED) is 0.500. The third-order valence-electron chi connectivity index (χ3n) is 1.39. The van der Waals surface area contributed by atoms with Crippen molar-refractivity contribution in [1.29, 1.82) is 0 Å². The molecule has 0 heterocycles. The van der Waals surface area contributed by atoms with E-state index in [4.69, 9.17) is 15.3 Å². The lowest BCUT2D eigenvalue weighted by Crippen LogP contribution is -1.88. The predicted molar refractivity (Wildman–Crippen MR) is 70.5 cm³/mol. The van der Waals surface area contributed by atoms with Crippen LogP contribution in [-0.4, -0.2) is 20.7 Å². The Balaban J connectivity index is 0. The number of benzene rings is 1. The minimum atomic E-state index is 0.375. The van der Waals surface area contributed by atoms with Gasteiger partial charge in [0.1, 0.15) is 0 Å². The highest BCUT2D eigenvalue weighted by Crippen LogP contribution is 2.05. The average molecular weight is 239 g/mol. The molecule has 0 saturated heterocycles. The zero-order valence-corrected chi connectivity index (χ0v) is 10.7. The van der Waals surface area contributed by atoms with Crippen LogP contribution in [0.1, 0.15) is 12.5 Å². The number of anilines is 1. The highest BCUT2D eigenvalue weighted by Gasteiger charge is 1.88. The maximum absolute atomic E-state index is 8.95. The summed E-state index contributed by atoms with van der Waals surface area (Å²) < 4.78 is 8.79. The number of hydrogen-bond donors (Lipinski definition) is 1. The summed E-state index contributed by atoms with van der Waals surface area (Å²) in [5, 5.41) is 0. The van der Waals surface area contributed by atoms with E-state index in [-0.39, 0.29) is 0 Å². The summed E-state index contributed by atoms with van der Waals surface area (Å²) in [6.07, 6.45) is 1.75. The largest absolute Gasteiger partial charge is 0.471 e. The molecule has 0 aromatic heterocycles. The lowest BCUT2D eigenvalue weighted by Gasteiger charge is -1.98. The molecule has 1 rings (SSSR count). The van der Waals surface area contributed by atoms with Gasteiger partial charge in [-0.3, -0.25) is 4.79 Å². The molecule has 2 N–H and O–H groups in total. The van der Waals surface area contributed by atoms with Crippen molar-refractivity contribution in [2.24, 2.45) is 0 Å². The van der Waals surface area contributed by atoms with Gasteiger partial charge in [-0.1, -0.05) is 18.2 Å². The zero-order valence-electron chi connectivity index (χ0n) is 10.7. The molecule has 0 aliphatic carbocycles. The molecule has 0 atom stereocenters. The first kappa shape index (κ1) is 17.6. The van der Waals surface area contributed by atoms with E-state index in [0.717, 1.165) is 11.3 Å². The van der Waals surface area contributed by atoms with E-state index < -0.39 is 0 Å². The number of nitrogen functional groups attached to an aromatic ring is 1. The Hall–Kier alpha value is -1.81. The number of carbonyl (C=O) groups is 1. The molecule has 4 nitrogen and oxygen atoms in total. The highest BCUT2D eigenvalue weighted by molar-refractivity contribution is 5.39. The third-order valence-corrected chi connectivity index (χ3v) is 1.39. The Bertz CT molecular complexity index is 283. The van der Waals surface area contributed by atoms with Crippen molar-refractivity contribution < 1.29 is 14.3 Å². The number of allylic oxidation sites excluding steroid dienone is 1. The van der Waals surface area contributed by atoms with Crippen LogP contribution in [0.5, 0.6) is 0 Å². The molecule has 0 bridgehead atoms. The number of methoxy groups -OCH3 is 2. The first-order valence-electron chi connectivity index (χ1n) is 5.03. The normalized spacial score (nSPS) is 7.71. The Morgan fingerprint density at radius 2 is 1.71 bits per heavy atom. The van der Waals surface area contributed by atoms with Gasteiger partial charge in [-0.25, -0.2) is 0 Å². The summed E-state index contributed by atoms with van der Waals surface area (Å²) in [4.78, 5) is 8.95. The van der Waals surface area contributed by atoms with Gasteiger partial charge in [-0.2, -0.15) is 0 Å². The summed E-state index contributed by atoms with van der Waals surface area (Å²) in [5.41, 5.74) is 7.42. The fourth-order valence-corrected chi connectivity index (χ4v) is 0.781. The van der Waals surface area contributed by atoms with Gasteiger partial charge >= 0.3 is 0 Å². The Labute approximate surface area is 103 Å². The van der Waals surface area contributed by atoms with Crippen molar-refractivity contribution >= 4 is 12.2 Å². The maximum atomic E-state index is 8.95. The minimum Gasteiger partial charge on any atom is -0.471 e. The molecule has 4 heteroatoms. The van der Waals surface area contributed by atoms with E-state index in [1.54, 1.807) is 13.2 Å². The number of nitrogens with two attached hydrogens (primary N) is 1. The smallest absolute Gasteiger partial charge is 0.292 e. The summed E-state index contributed by atoms with van der Waals surface area (Å²) in [7, 11) is 2.99. The van der Waals surface area contributed by atoms with Crippen molar-refractivity contribution in [3.05, 3.63) is 42.5 Å². The van der Waals surface area contributed by atoms with Crippen LogP contribution in [0.15, 0.2) is 36.9 Å². The summed E-state index contributed by atoms with van der Waals surface area (Å²) in [6.45, 7) is 6.28. The molecule has 0 unspecified atom stereocenters. The molecular weight excluding hydrogens is 218 g/mol. The Morgan fingerprint density at radius 1 is 1.29 bits per heavy atom. The monoisotopic (exact) mass is 239 g/mol. The molecule has 0 amide bonds. The molecular formula is C13H21NO3. The van der Waals surface area contributed by atoms with Crippen LogP contribution in [0, 0.1) is 0 Å². The van der Waals surface area contributed by atoms with Gasteiger partial charge in [0.2, 0.25) is 0 Å². The molecule has 17 heavy (non-hydrogen) atoms. The van der Waals surface area contributed by atoms with Crippen LogP contribution in [0.4, 0.5) is 5.69 Å². The van der Waals surface area contributed by atoms with Gasteiger partial charge in [0.25, 0.3) is 6.47 Å². The van der Waals surface area contributed by atoms with E-state index in [9.17, 15) is 0 Å². The molecule has 1 aromatic carbocycles. The topological polar surface area (TPSA) is 61.5 Å². The predicted octanol–water partition coefficient (Wildman–Crippen LogP) is 2.40. The third kappa shape index (κ3) is 14.2. The standard InChI is InChI=1S/C8H11NO.C3H6.C2H4O2/c1-10-6-7-2-4-8(9)5-3-7;1-3-2;1-4-2-3/h2-5H,6,9H2,1H3;3H,1H2,2H3;2H,1H3. The van der Waals surface area contributed by atoms with Gasteiger partial charge in [0.15, 0.2) is 0 Å². The van der Waals surface area contributed by atoms with E-state index in [1.165, 1.54) is 7.11 Å². The highest BCUT2D eigenvalue weighted by atomic mass is 16.5. The van der Waals surface area contributed by atoms with Gasteiger partial charge in [0, 0.05) is 12.8 Å². The van der Waals surface area contributed by atoms with Gasteiger partial charge < -0.3 is 15.2 Å². The van der Waals surface area contributed by atoms with E-state index in [1.807, 2.05) is 31.2 Å². The first-order chi connectivity index (χ1) is 8.15. The fourth-order valence-electron chi connectivity index (χ4n) is 0.781. The second-order valence-corrected chi connectivity index (χ2v) is 2.91. The second kappa shape index (κ2) is 14.2. The summed E-state index contributed by atoms with van der Waals surface area (Å²) >= 11 is 0.